The van der Waals surface area contributed by atoms with Gasteiger partial charge in [-0.25, -0.2) is 4.98 Å². The van der Waals surface area contributed by atoms with Crippen molar-refractivity contribution in [2.24, 2.45) is 0 Å². The van der Waals surface area contributed by atoms with E-state index in [0.717, 1.165) is 0 Å². The minimum Gasteiger partial charge on any atom is -0.268 e. The largest absolute Gasteiger partial charge is 0.276 e. The SMILES string of the molecule is O=c1c2ccccc2nc(C=Cc2ccccc2[N+](=O)[O-])n1-c1cccc(Cl)c1. The van der Waals surface area contributed by atoms with Gasteiger partial charge in [0.1, 0.15) is 5.82 Å². The fraction of sp³-hybridized carbons (Fsp3) is 0. The molecular weight excluding hydrogens is 390 g/mol. The molecule has 7 heteroatoms. The molecule has 1 heterocycles. The highest BCUT2D eigenvalue weighted by Crippen LogP contribution is 2.22. The van der Waals surface area contributed by atoms with Gasteiger partial charge in [0.25, 0.3) is 11.2 Å². The first kappa shape index (κ1) is 18.6. The van der Waals surface area contributed by atoms with Crippen LogP contribution < -0.4 is 5.56 Å². The maximum absolute atomic E-state index is 13.2. The van der Waals surface area contributed by atoms with Crippen molar-refractivity contribution in [2.45, 2.75) is 0 Å². The van der Waals surface area contributed by atoms with Crippen molar-refractivity contribution < 1.29 is 4.92 Å². The van der Waals surface area contributed by atoms with Crippen molar-refractivity contribution in [1.29, 1.82) is 0 Å². The van der Waals surface area contributed by atoms with Crippen LogP contribution in [0.5, 0.6) is 0 Å². The maximum atomic E-state index is 13.2. The molecule has 0 saturated carbocycles. The van der Waals surface area contributed by atoms with Gasteiger partial charge in [0, 0.05) is 11.1 Å². The molecule has 0 aliphatic heterocycles. The fourth-order valence-corrected chi connectivity index (χ4v) is 3.27. The molecule has 0 amide bonds. The van der Waals surface area contributed by atoms with Gasteiger partial charge in [-0.3, -0.25) is 19.5 Å². The van der Waals surface area contributed by atoms with E-state index < -0.39 is 4.92 Å². The molecule has 0 atom stereocenters. The highest BCUT2D eigenvalue weighted by atomic mass is 35.5. The number of hydrogen-bond acceptors (Lipinski definition) is 4. The molecule has 0 aliphatic rings. The Morgan fingerprint density at radius 1 is 0.966 bits per heavy atom. The quantitative estimate of drug-likeness (QED) is 0.350. The van der Waals surface area contributed by atoms with Gasteiger partial charge in [-0.1, -0.05) is 41.9 Å². The highest BCUT2D eigenvalue weighted by molar-refractivity contribution is 6.30. The highest BCUT2D eigenvalue weighted by Gasteiger charge is 2.13. The van der Waals surface area contributed by atoms with E-state index in [4.69, 9.17) is 11.6 Å². The average molecular weight is 404 g/mol. The lowest BCUT2D eigenvalue weighted by Crippen LogP contribution is -2.22. The molecule has 4 aromatic rings. The van der Waals surface area contributed by atoms with E-state index >= 15 is 0 Å². The van der Waals surface area contributed by atoms with Gasteiger partial charge >= 0.3 is 0 Å². The Bertz CT molecular complexity index is 1330. The monoisotopic (exact) mass is 403 g/mol. The Kier molecular flexibility index (Phi) is 4.93. The van der Waals surface area contributed by atoms with E-state index in [2.05, 4.69) is 4.98 Å². The summed E-state index contributed by atoms with van der Waals surface area (Å²) in [5.41, 5.74) is 1.24. The summed E-state index contributed by atoms with van der Waals surface area (Å²) in [5.74, 6) is 0.342. The van der Waals surface area contributed by atoms with Gasteiger partial charge in [0.2, 0.25) is 0 Å². The second-order valence-corrected chi connectivity index (χ2v) is 6.69. The van der Waals surface area contributed by atoms with E-state index in [9.17, 15) is 14.9 Å². The Morgan fingerprint density at radius 3 is 2.52 bits per heavy atom. The molecule has 142 valence electrons. The van der Waals surface area contributed by atoms with Crippen LogP contribution in [0.25, 0.3) is 28.7 Å². The number of nitro benzene ring substituents is 1. The van der Waals surface area contributed by atoms with Crippen molar-refractivity contribution in [3.05, 3.63) is 110 Å². The van der Waals surface area contributed by atoms with Gasteiger partial charge in [-0.2, -0.15) is 0 Å². The van der Waals surface area contributed by atoms with Crippen LogP contribution in [0.3, 0.4) is 0 Å². The van der Waals surface area contributed by atoms with Crippen LogP contribution in [0.15, 0.2) is 77.6 Å². The van der Waals surface area contributed by atoms with Crippen LogP contribution in [-0.4, -0.2) is 14.5 Å². The summed E-state index contributed by atoms with van der Waals surface area (Å²) in [6, 6.07) is 20.3. The van der Waals surface area contributed by atoms with Crippen LogP contribution in [0.1, 0.15) is 11.4 Å². The van der Waals surface area contributed by atoms with Crippen molar-refractivity contribution in [2.75, 3.05) is 0 Å². The number of para-hydroxylation sites is 2. The third kappa shape index (κ3) is 3.66. The average Bonchev–Trinajstić information content (AvgIpc) is 2.72. The molecule has 29 heavy (non-hydrogen) atoms. The minimum atomic E-state index is -0.447. The standard InChI is InChI=1S/C22H14ClN3O3/c23-16-7-5-8-17(14-16)25-21(24-19-10-3-2-9-18(19)22(25)27)13-12-15-6-1-4-11-20(15)26(28)29/h1-14H. The Morgan fingerprint density at radius 2 is 1.72 bits per heavy atom. The number of halogens is 1. The van der Waals surface area contributed by atoms with Crippen molar-refractivity contribution in [3.63, 3.8) is 0 Å². The molecule has 0 aliphatic carbocycles. The van der Waals surface area contributed by atoms with Gasteiger partial charge in [0.15, 0.2) is 0 Å². The van der Waals surface area contributed by atoms with E-state index in [1.165, 1.54) is 10.6 Å². The van der Waals surface area contributed by atoms with E-state index in [-0.39, 0.29) is 11.2 Å². The summed E-state index contributed by atoms with van der Waals surface area (Å²) in [7, 11) is 0. The second-order valence-electron chi connectivity index (χ2n) is 6.26. The fourth-order valence-electron chi connectivity index (χ4n) is 3.09. The van der Waals surface area contributed by atoms with Crippen molar-refractivity contribution in [1.82, 2.24) is 9.55 Å². The number of rotatable bonds is 4. The number of aromatic nitrogens is 2. The minimum absolute atomic E-state index is 0.0267. The first-order valence-corrected chi connectivity index (χ1v) is 9.11. The lowest BCUT2D eigenvalue weighted by atomic mass is 10.1. The Hall–Kier alpha value is -3.77. The molecular formula is C22H14ClN3O3. The van der Waals surface area contributed by atoms with Gasteiger partial charge < -0.3 is 0 Å². The lowest BCUT2D eigenvalue weighted by molar-refractivity contribution is -0.385. The summed E-state index contributed by atoms with van der Waals surface area (Å²) < 4.78 is 1.44. The van der Waals surface area contributed by atoms with E-state index in [1.54, 1.807) is 78.9 Å². The summed E-state index contributed by atoms with van der Waals surface area (Å²) in [6.45, 7) is 0. The lowest BCUT2D eigenvalue weighted by Gasteiger charge is -2.11. The van der Waals surface area contributed by atoms with Crippen LogP contribution in [0.4, 0.5) is 5.69 Å². The number of benzene rings is 3. The van der Waals surface area contributed by atoms with Gasteiger partial charge in [-0.15, -0.1) is 0 Å². The number of fused-ring (bicyclic) bond motifs is 1. The summed E-state index contributed by atoms with van der Waals surface area (Å²) in [6.07, 6.45) is 3.17. The summed E-state index contributed by atoms with van der Waals surface area (Å²) in [5, 5.41) is 12.2. The van der Waals surface area contributed by atoms with Crippen LogP contribution >= 0.6 is 11.6 Å². The van der Waals surface area contributed by atoms with Gasteiger partial charge in [0.05, 0.1) is 27.1 Å². The molecule has 3 aromatic carbocycles. The zero-order chi connectivity index (χ0) is 20.4. The smallest absolute Gasteiger partial charge is 0.268 e. The number of nitrogens with zero attached hydrogens (tertiary/aromatic N) is 3. The first-order valence-electron chi connectivity index (χ1n) is 8.74. The molecule has 0 spiro atoms. The molecule has 1 aromatic heterocycles. The summed E-state index contributed by atoms with van der Waals surface area (Å²) in [4.78, 5) is 28.6. The molecule has 0 bridgehead atoms. The predicted molar refractivity (Wildman–Crippen MR) is 114 cm³/mol. The molecule has 0 saturated heterocycles. The normalized spacial score (nSPS) is 11.2. The van der Waals surface area contributed by atoms with Crippen LogP contribution in [0.2, 0.25) is 5.02 Å². The Balaban J connectivity index is 1.95. The van der Waals surface area contributed by atoms with E-state index in [0.29, 0.717) is 33.0 Å². The molecule has 4 rings (SSSR count). The number of hydrogen-bond donors (Lipinski definition) is 0. The second kappa shape index (κ2) is 7.69. The molecule has 0 unspecified atom stereocenters. The third-order valence-electron chi connectivity index (χ3n) is 4.41. The van der Waals surface area contributed by atoms with Crippen LogP contribution in [0, 0.1) is 10.1 Å². The van der Waals surface area contributed by atoms with Crippen LogP contribution in [-0.2, 0) is 0 Å². The molecule has 0 fully saturated rings. The topological polar surface area (TPSA) is 78.0 Å². The molecule has 0 radical (unpaired) electrons. The maximum Gasteiger partial charge on any atom is 0.276 e. The van der Waals surface area contributed by atoms with Crippen molar-refractivity contribution >= 4 is 40.3 Å². The molecule has 6 nitrogen and oxygen atoms in total. The number of nitro groups is 1. The van der Waals surface area contributed by atoms with Gasteiger partial charge in [-0.05, 0) is 48.6 Å². The zero-order valence-electron chi connectivity index (χ0n) is 15.0. The zero-order valence-corrected chi connectivity index (χ0v) is 15.8. The first-order chi connectivity index (χ1) is 14.0. The molecule has 0 N–H and O–H groups in total. The third-order valence-corrected chi connectivity index (χ3v) is 4.65. The van der Waals surface area contributed by atoms with Crippen molar-refractivity contribution in [3.8, 4) is 5.69 Å². The summed E-state index contributed by atoms with van der Waals surface area (Å²) >= 11 is 6.12. The predicted octanol–water partition coefficient (Wildman–Crippen LogP) is 5.12. The Labute approximate surface area is 170 Å². The van der Waals surface area contributed by atoms with E-state index in [1.807, 2.05) is 0 Å².